The van der Waals surface area contributed by atoms with Gasteiger partial charge in [0.2, 0.25) is 0 Å². The highest BCUT2D eigenvalue weighted by molar-refractivity contribution is 7.10. The number of rotatable bonds is 5. The third kappa shape index (κ3) is 3.23. The molecule has 0 fully saturated rings. The lowest BCUT2D eigenvalue weighted by atomic mass is 9.97. The molecule has 0 bridgehead atoms. The predicted octanol–water partition coefficient (Wildman–Crippen LogP) is 4.37. The first-order valence-corrected chi connectivity index (χ1v) is 10.9. The summed E-state index contributed by atoms with van der Waals surface area (Å²) in [6.45, 7) is 4.74. The predicted molar refractivity (Wildman–Crippen MR) is 112 cm³/mol. The number of esters is 1. The first-order valence-electron chi connectivity index (χ1n) is 9.15. The van der Waals surface area contributed by atoms with E-state index in [0.29, 0.717) is 29.1 Å². The van der Waals surface area contributed by atoms with E-state index in [1.807, 2.05) is 0 Å². The fourth-order valence-corrected chi connectivity index (χ4v) is 5.80. The van der Waals surface area contributed by atoms with Crippen LogP contribution < -0.4 is 0 Å². The van der Waals surface area contributed by atoms with Crippen LogP contribution in [0.25, 0.3) is 0 Å². The molecule has 28 heavy (non-hydrogen) atoms. The van der Waals surface area contributed by atoms with Crippen molar-refractivity contribution in [1.29, 1.82) is 0 Å². The molecule has 0 saturated carbocycles. The molecule has 1 N–H and O–H groups in total. The van der Waals surface area contributed by atoms with Crippen LogP contribution in [-0.2, 0) is 11.2 Å². The quantitative estimate of drug-likeness (QED) is 0.497. The first-order chi connectivity index (χ1) is 13.5. The number of nitrogens with zero attached hydrogens (tertiary/aromatic N) is 1. The monoisotopic (exact) mass is 414 g/mol. The van der Waals surface area contributed by atoms with E-state index < -0.39 is 5.97 Å². The molecule has 1 unspecified atom stereocenters. The van der Waals surface area contributed by atoms with Gasteiger partial charge < -0.3 is 9.72 Å². The molecule has 0 radical (unpaired) electrons. The molecule has 0 aromatic carbocycles. The standard InChI is InChI=1S/C21H22N2O3S2/c1-12-18(21(25)26-3)13(2)22-19(12)15(24)11-23-8-6-16-14(7-10-28-16)20(23)17-5-4-9-27-17/h4-5,7,9-10,20,22H,6,8,11H2,1-3H3. The van der Waals surface area contributed by atoms with E-state index in [1.54, 1.807) is 36.5 Å². The maximum atomic E-state index is 13.2. The van der Waals surface area contributed by atoms with E-state index in [-0.39, 0.29) is 11.8 Å². The maximum absolute atomic E-state index is 13.2. The largest absolute Gasteiger partial charge is 0.465 e. The molecule has 0 aliphatic carbocycles. The van der Waals surface area contributed by atoms with Gasteiger partial charge in [-0.05, 0) is 54.3 Å². The Bertz CT molecular complexity index is 1020. The zero-order chi connectivity index (χ0) is 19.8. The third-order valence-electron chi connectivity index (χ3n) is 5.33. The molecular formula is C21H22N2O3S2. The number of H-pyrrole nitrogens is 1. The minimum Gasteiger partial charge on any atom is -0.465 e. The highest BCUT2D eigenvalue weighted by atomic mass is 32.1. The topological polar surface area (TPSA) is 62.4 Å². The summed E-state index contributed by atoms with van der Waals surface area (Å²) < 4.78 is 4.86. The van der Waals surface area contributed by atoms with Crippen molar-refractivity contribution in [2.75, 3.05) is 20.2 Å². The van der Waals surface area contributed by atoms with Gasteiger partial charge in [0.05, 0.1) is 31.0 Å². The molecule has 3 aromatic rings. The molecule has 4 heterocycles. The highest BCUT2D eigenvalue weighted by Gasteiger charge is 2.32. The van der Waals surface area contributed by atoms with Crippen LogP contribution in [0.2, 0.25) is 0 Å². The molecule has 3 aromatic heterocycles. The van der Waals surface area contributed by atoms with Crippen LogP contribution >= 0.6 is 22.7 Å². The summed E-state index contributed by atoms with van der Waals surface area (Å²) in [6, 6.07) is 6.48. The minimum atomic E-state index is -0.414. The van der Waals surface area contributed by atoms with Gasteiger partial charge in [-0.1, -0.05) is 6.07 Å². The zero-order valence-corrected chi connectivity index (χ0v) is 17.7. The lowest BCUT2D eigenvalue weighted by Crippen LogP contribution is -2.38. The number of aromatic nitrogens is 1. The minimum absolute atomic E-state index is 0.00371. The number of fused-ring (bicyclic) bond motifs is 1. The van der Waals surface area contributed by atoms with Gasteiger partial charge in [-0.15, -0.1) is 22.7 Å². The Hall–Kier alpha value is -2.22. The summed E-state index contributed by atoms with van der Waals surface area (Å²) in [4.78, 5) is 33.2. The third-order valence-corrected chi connectivity index (χ3v) is 7.25. The van der Waals surface area contributed by atoms with Crippen molar-refractivity contribution in [2.45, 2.75) is 26.3 Å². The van der Waals surface area contributed by atoms with Crippen LogP contribution in [0, 0.1) is 13.8 Å². The lowest BCUT2D eigenvalue weighted by molar-refractivity contribution is 0.0599. The van der Waals surface area contributed by atoms with E-state index in [0.717, 1.165) is 13.0 Å². The Labute approximate surface area is 172 Å². The van der Waals surface area contributed by atoms with Crippen LogP contribution in [0.3, 0.4) is 0 Å². The summed E-state index contributed by atoms with van der Waals surface area (Å²) in [7, 11) is 1.35. The zero-order valence-electron chi connectivity index (χ0n) is 16.1. The number of nitrogens with one attached hydrogen (secondary N) is 1. The van der Waals surface area contributed by atoms with Crippen molar-refractivity contribution in [3.05, 3.63) is 66.8 Å². The van der Waals surface area contributed by atoms with Crippen LogP contribution in [-0.4, -0.2) is 41.8 Å². The molecule has 1 aliphatic rings. The summed E-state index contributed by atoms with van der Waals surface area (Å²) >= 11 is 3.51. The van der Waals surface area contributed by atoms with Gasteiger partial charge in [-0.2, -0.15) is 0 Å². The Morgan fingerprint density at radius 1 is 1.25 bits per heavy atom. The number of methoxy groups -OCH3 is 1. The number of hydrogen-bond acceptors (Lipinski definition) is 6. The van der Waals surface area contributed by atoms with Crippen molar-refractivity contribution in [1.82, 2.24) is 9.88 Å². The SMILES string of the molecule is COC(=O)c1c(C)[nH]c(C(=O)CN2CCc3sccc3C2c2cccs2)c1C. The van der Waals surface area contributed by atoms with Gasteiger partial charge in [0.15, 0.2) is 5.78 Å². The second-order valence-corrected chi connectivity index (χ2v) is 8.96. The van der Waals surface area contributed by atoms with Gasteiger partial charge in [-0.3, -0.25) is 9.69 Å². The summed E-state index contributed by atoms with van der Waals surface area (Å²) in [5, 5.41) is 4.22. The Kier molecular flexibility index (Phi) is 5.23. The Morgan fingerprint density at radius 2 is 2.07 bits per heavy atom. The van der Waals surface area contributed by atoms with Gasteiger partial charge in [0.1, 0.15) is 0 Å². The summed E-state index contributed by atoms with van der Waals surface area (Å²) in [6.07, 6.45) is 0.957. The molecule has 7 heteroatoms. The average molecular weight is 415 g/mol. The van der Waals surface area contributed by atoms with Gasteiger partial charge >= 0.3 is 5.97 Å². The van der Waals surface area contributed by atoms with E-state index in [2.05, 4.69) is 38.8 Å². The number of ketones is 1. The number of hydrogen-bond donors (Lipinski definition) is 1. The second kappa shape index (κ2) is 7.66. The van der Waals surface area contributed by atoms with Crippen molar-refractivity contribution in [3.63, 3.8) is 0 Å². The molecule has 146 valence electrons. The van der Waals surface area contributed by atoms with Gasteiger partial charge in [0, 0.05) is 22.0 Å². The molecular weight excluding hydrogens is 392 g/mol. The number of Topliss-reactive ketones (excluding diaryl/α,β-unsaturated/α-hetero) is 1. The molecule has 0 spiro atoms. The second-order valence-electron chi connectivity index (χ2n) is 6.98. The van der Waals surface area contributed by atoms with Crippen LogP contribution in [0.15, 0.2) is 29.0 Å². The molecule has 5 nitrogen and oxygen atoms in total. The number of thiophene rings is 2. The average Bonchev–Trinajstić information content (AvgIpc) is 3.41. The smallest absolute Gasteiger partial charge is 0.339 e. The van der Waals surface area contributed by atoms with Gasteiger partial charge in [-0.25, -0.2) is 4.79 Å². The Morgan fingerprint density at radius 3 is 2.79 bits per heavy atom. The Balaban J connectivity index is 1.64. The van der Waals surface area contributed by atoms with E-state index in [9.17, 15) is 9.59 Å². The van der Waals surface area contributed by atoms with E-state index in [1.165, 1.54) is 22.4 Å². The van der Waals surface area contributed by atoms with Crippen LogP contribution in [0.4, 0.5) is 0 Å². The van der Waals surface area contributed by atoms with E-state index >= 15 is 0 Å². The van der Waals surface area contributed by atoms with Crippen molar-refractivity contribution >= 4 is 34.4 Å². The number of ether oxygens (including phenoxy) is 1. The summed E-state index contributed by atoms with van der Waals surface area (Å²) in [5.74, 6) is -0.418. The fraction of sp³-hybridized carbons (Fsp3) is 0.333. The van der Waals surface area contributed by atoms with Crippen molar-refractivity contribution in [2.24, 2.45) is 0 Å². The van der Waals surface area contributed by atoms with Crippen molar-refractivity contribution < 1.29 is 14.3 Å². The molecule has 4 rings (SSSR count). The van der Waals surface area contributed by atoms with Crippen LogP contribution in [0.5, 0.6) is 0 Å². The first kappa shape index (κ1) is 19.1. The molecule has 0 saturated heterocycles. The molecule has 0 amide bonds. The molecule has 1 atom stereocenters. The molecule has 1 aliphatic heterocycles. The number of aromatic amines is 1. The number of carbonyl (C=O) groups excluding carboxylic acids is 2. The lowest BCUT2D eigenvalue weighted by Gasteiger charge is -2.34. The number of carbonyl (C=O) groups is 2. The van der Waals surface area contributed by atoms with Gasteiger partial charge in [0.25, 0.3) is 0 Å². The van der Waals surface area contributed by atoms with Crippen LogP contribution in [0.1, 0.15) is 53.5 Å². The van der Waals surface area contributed by atoms with Crippen molar-refractivity contribution in [3.8, 4) is 0 Å². The number of aryl methyl sites for hydroxylation is 1. The fourth-order valence-electron chi connectivity index (χ4n) is 4.02. The maximum Gasteiger partial charge on any atom is 0.339 e. The normalized spacial score (nSPS) is 16.8. The highest BCUT2D eigenvalue weighted by Crippen LogP contribution is 2.39. The van der Waals surface area contributed by atoms with E-state index in [4.69, 9.17) is 4.74 Å². The summed E-state index contributed by atoms with van der Waals surface area (Å²) in [5.41, 5.74) is 3.59.